The summed E-state index contributed by atoms with van der Waals surface area (Å²) in [6.45, 7) is 5.60. The zero-order valence-electron chi connectivity index (χ0n) is 17.9. The highest BCUT2D eigenvalue weighted by Gasteiger charge is 2.25. The third-order valence-corrected chi connectivity index (χ3v) is 5.39. The molecule has 1 aromatic carbocycles. The number of nitrogens with one attached hydrogen (secondary N) is 1. The number of carbonyl (C=O) groups is 1. The summed E-state index contributed by atoms with van der Waals surface area (Å²) >= 11 is 0. The zero-order valence-corrected chi connectivity index (χ0v) is 17.9. The third-order valence-electron chi connectivity index (χ3n) is 5.39. The van der Waals surface area contributed by atoms with Crippen LogP contribution in [-0.2, 0) is 24.3 Å². The topological polar surface area (TPSA) is 112 Å². The van der Waals surface area contributed by atoms with Crippen molar-refractivity contribution in [2.45, 2.75) is 59.5 Å². The van der Waals surface area contributed by atoms with E-state index in [0.29, 0.717) is 30.2 Å². The summed E-state index contributed by atoms with van der Waals surface area (Å²) in [5.74, 6) is 0.0253. The Labute approximate surface area is 178 Å². The van der Waals surface area contributed by atoms with E-state index in [1.165, 1.54) is 0 Å². The molecule has 3 heterocycles. The number of nitrogens with zero attached hydrogens (tertiary/aromatic N) is 4. The predicted molar refractivity (Wildman–Crippen MR) is 115 cm³/mol. The van der Waals surface area contributed by atoms with E-state index in [0.717, 1.165) is 35.0 Å². The van der Waals surface area contributed by atoms with Gasteiger partial charge in [0.25, 0.3) is 5.56 Å². The molecule has 1 aliphatic heterocycles. The number of hydrogen-bond donors (Lipinski definition) is 1. The summed E-state index contributed by atoms with van der Waals surface area (Å²) in [6.07, 6.45) is 3.21. The lowest BCUT2D eigenvalue weighted by atomic mass is 10.1. The molecule has 0 saturated carbocycles. The SMILES string of the molecule is Cc1cc(C)cc(NC(=O)Cn2c(=O)c(-c3noc(C)n3)c3n(c2=O)CCCCC3)c1. The van der Waals surface area contributed by atoms with Crippen molar-refractivity contribution in [1.82, 2.24) is 19.3 Å². The number of benzene rings is 1. The molecule has 1 aliphatic rings. The Kier molecular flexibility index (Phi) is 5.58. The molecule has 9 nitrogen and oxygen atoms in total. The van der Waals surface area contributed by atoms with Gasteiger partial charge in [-0.05, 0) is 56.4 Å². The Morgan fingerprint density at radius 2 is 1.84 bits per heavy atom. The fraction of sp³-hybridized carbons (Fsp3) is 0.409. The Morgan fingerprint density at radius 3 is 2.52 bits per heavy atom. The maximum Gasteiger partial charge on any atom is 0.331 e. The van der Waals surface area contributed by atoms with E-state index < -0.39 is 23.7 Å². The van der Waals surface area contributed by atoms with Crippen molar-refractivity contribution in [3.8, 4) is 11.4 Å². The second-order valence-electron chi connectivity index (χ2n) is 8.02. The van der Waals surface area contributed by atoms with Gasteiger partial charge >= 0.3 is 5.69 Å². The molecule has 0 aliphatic carbocycles. The fourth-order valence-electron chi connectivity index (χ4n) is 4.13. The molecule has 162 valence electrons. The second-order valence-corrected chi connectivity index (χ2v) is 8.02. The molecule has 2 aromatic heterocycles. The summed E-state index contributed by atoms with van der Waals surface area (Å²) < 4.78 is 7.62. The lowest BCUT2D eigenvalue weighted by molar-refractivity contribution is -0.116. The van der Waals surface area contributed by atoms with Crippen molar-refractivity contribution in [1.29, 1.82) is 0 Å². The van der Waals surface area contributed by atoms with Crippen molar-refractivity contribution in [3.63, 3.8) is 0 Å². The first-order chi connectivity index (χ1) is 14.8. The van der Waals surface area contributed by atoms with Gasteiger partial charge in [-0.15, -0.1) is 0 Å². The number of hydrogen-bond acceptors (Lipinski definition) is 6. The fourth-order valence-corrected chi connectivity index (χ4v) is 4.13. The minimum absolute atomic E-state index is 0.150. The molecule has 0 unspecified atom stereocenters. The van der Waals surface area contributed by atoms with Crippen LogP contribution in [0.1, 0.15) is 42.0 Å². The number of aromatic nitrogens is 4. The number of carbonyl (C=O) groups excluding carboxylic acids is 1. The summed E-state index contributed by atoms with van der Waals surface area (Å²) in [4.78, 5) is 43.4. The molecule has 0 radical (unpaired) electrons. The van der Waals surface area contributed by atoms with Crippen molar-refractivity contribution in [2.75, 3.05) is 5.32 Å². The van der Waals surface area contributed by atoms with Crippen LogP contribution in [0.15, 0.2) is 32.3 Å². The van der Waals surface area contributed by atoms with Gasteiger partial charge in [-0.1, -0.05) is 17.6 Å². The molecule has 0 atom stereocenters. The van der Waals surface area contributed by atoms with Crippen LogP contribution in [0.25, 0.3) is 11.4 Å². The van der Waals surface area contributed by atoms with Crippen molar-refractivity contribution >= 4 is 11.6 Å². The van der Waals surface area contributed by atoms with Gasteiger partial charge in [0, 0.05) is 24.8 Å². The molecule has 1 amide bonds. The number of aryl methyl sites for hydroxylation is 3. The lowest BCUT2D eigenvalue weighted by Crippen LogP contribution is -2.44. The Balaban J connectivity index is 1.77. The van der Waals surface area contributed by atoms with Crippen LogP contribution in [0.4, 0.5) is 5.69 Å². The molecule has 0 saturated heterocycles. The zero-order chi connectivity index (χ0) is 22.1. The second kappa shape index (κ2) is 8.33. The van der Waals surface area contributed by atoms with E-state index in [2.05, 4.69) is 15.5 Å². The highest BCUT2D eigenvalue weighted by molar-refractivity contribution is 5.90. The van der Waals surface area contributed by atoms with E-state index in [4.69, 9.17) is 4.52 Å². The molecule has 31 heavy (non-hydrogen) atoms. The summed E-state index contributed by atoms with van der Waals surface area (Å²) in [5, 5.41) is 6.69. The number of fused-ring (bicyclic) bond motifs is 1. The smallest absolute Gasteiger partial charge is 0.331 e. The minimum atomic E-state index is -0.575. The van der Waals surface area contributed by atoms with Gasteiger partial charge in [0.1, 0.15) is 12.1 Å². The quantitative estimate of drug-likeness (QED) is 0.689. The van der Waals surface area contributed by atoms with E-state index in [9.17, 15) is 14.4 Å². The summed E-state index contributed by atoms with van der Waals surface area (Å²) in [6, 6.07) is 5.67. The van der Waals surface area contributed by atoms with Crippen LogP contribution < -0.4 is 16.6 Å². The highest BCUT2D eigenvalue weighted by atomic mass is 16.5. The van der Waals surface area contributed by atoms with E-state index in [-0.39, 0.29) is 11.4 Å². The van der Waals surface area contributed by atoms with Gasteiger partial charge in [0.15, 0.2) is 0 Å². The van der Waals surface area contributed by atoms with E-state index in [1.807, 2.05) is 32.0 Å². The van der Waals surface area contributed by atoms with Crippen LogP contribution in [0.3, 0.4) is 0 Å². The normalized spacial score (nSPS) is 13.5. The molecular formula is C22H25N5O4. The minimum Gasteiger partial charge on any atom is -0.339 e. The third kappa shape index (κ3) is 4.21. The first-order valence-electron chi connectivity index (χ1n) is 10.4. The largest absolute Gasteiger partial charge is 0.339 e. The van der Waals surface area contributed by atoms with Crippen LogP contribution in [0.2, 0.25) is 0 Å². The molecule has 0 fully saturated rings. The molecule has 1 N–H and O–H groups in total. The lowest BCUT2D eigenvalue weighted by Gasteiger charge is -2.16. The molecular weight excluding hydrogens is 398 g/mol. The van der Waals surface area contributed by atoms with Gasteiger partial charge in [0.05, 0.1) is 0 Å². The number of anilines is 1. The Hall–Kier alpha value is -3.49. The van der Waals surface area contributed by atoms with Gasteiger partial charge < -0.3 is 9.84 Å². The maximum atomic E-state index is 13.3. The van der Waals surface area contributed by atoms with E-state index >= 15 is 0 Å². The first-order valence-corrected chi connectivity index (χ1v) is 10.4. The Morgan fingerprint density at radius 1 is 1.10 bits per heavy atom. The monoisotopic (exact) mass is 423 g/mol. The average molecular weight is 423 g/mol. The highest BCUT2D eigenvalue weighted by Crippen LogP contribution is 2.21. The molecule has 4 rings (SSSR count). The van der Waals surface area contributed by atoms with Crippen LogP contribution in [0, 0.1) is 20.8 Å². The molecule has 0 bridgehead atoms. The van der Waals surface area contributed by atoms with Crippen molar-refractivity contribution in [2.24, 2.45) is 0 Å². The van der Waals surface area contributed by atoms with Gasteiger partial charge in [-0.3, -0.25) is 18.7 Å². The molecule has 0 spiro atoms. The van der Waals surface area contributed by atoms with Crippen molar-refractivity contribution in [3.05, 3.63) is 61.7 Å². The number of amides is 1. The standard InChI is InChI=1S/C22H25N5O4/c1-13-9-14(2)11-16(10-13)24-18(28)12-27-21(29)19(20-23-15(3)31-25-20)17-7-5-4-6-8-26(17)22(27)30/h9-11H,4-8,12H2,1-3H3,(H,24,28). The van der Waals surface area contributed by atoms with Crippen LogP contribution >= 0.6 is 0 Å². The summed E-state index contributed by atoms with van der Waals surface area (Å²) in [5.41, 5.74) is 2.42. The van der Waals surface area contributed by atoms with Crippen LogP contribution in [-0.4, -0.2) is 25.2 Å². The van der Waals surface area contributed by atoms with Gasteiger partial charge in [-0.2, -0.15) is 4.98 Å². The van der Waals surface area contributed by atoms with Gasteiger partial charge in [0.2, 0.25) is 17.6 Å². The average Bonchev–Trinajstić information content (AvgIpc) is 2.96. The number of rotatable bonds is 4. The van der Waals surface area contributed by atoms with Gasteiger partial charge in [-0.25, -0.2) is 4.79 Å². The predicted octanol–water partition coefficient (Wildman–Crippen LogP) is 2.35. The molecule has 3 aromatic rings. The Bertz CT molecular complexity index is 1250. The summed E-state index contributed by atoms with van der Waals surface area (Å²) in [7, 11) is 0. The molecule has 9 heteroatoms. The van der Waals surface area contributed by atoms with E-state index in [1.54, 1.807) is 11.5 Å². The van der Waals surface area contributed by atoms with Crippen molar-refractivity contribution < 1.29 is 9.32 Å². The van der Waals surface area contributed by atoms with Crippen LogP contribution in [0.5, 0.6) is 0 Å². The first kappa shape index (κ1) is 20.8. The maximum absolute atomic E-state index is 13.3.